The van der Waals surface area contributed by atoms with Crippen LogP contribution in [0.15, 0.2) is 12.1 Å². The maximum absolute atomic E-state index is 10.8. The fourth-order valence-corrected chi connectivity index (χ4v) is 1.67. The second-order valence-electron chi connectivity index (χ2n) is 2.42. The van der Waals surface area contributed by atoms with E-state index in [1.54, 1.807) is 0 Å². The monoisotopic (exact) mass is 238 g/mol. The molecule has 13 heavy (non-hydrogen) atoms. The minimum absolute atomic E-state index is 0.257. The van der Waals surface area contributed by atoms with Crippen LogP contribution in [0.5, 0.6) is 0 Å². The van der Waals surface area contributed by atoms with Gasteiger partial charge in [-0.25, -0.2) is 8.42 Å². The molecule has 1 aromatic rings. The van der Waals surface area contributed by atoms with E-state index >= 15 is 0 Å². The van der Waals surface area contributed by atoms with E-state index in [1.807, 2.05) is 0 Å². The van der Waals surface area contributed by atoms with Crippen molar-refractivity contribution in [2.75, 3.05) is 11.0 Å². The molecule has 0 unspecified atom stereocenters. The van der Waals surface area contributed by atoms with Gasteiger partial charge in [0.15, 0.2) is 0 Å². The summed E-state index contributed by atoms with van der Waals surface area (Å²) in [6, 6.07) is 5.42. The Morgan fingerprint density at radius 2 is 2.08 bits per heavy atom. The highest BCUT2D eigenvalue weighted by molar-refractivity contribution is 7.92. The highest BCUT2D eigenvalue weighted by Gasteiger charge is 2.06. The molecule has 1 aromatic carbocycles. The zero-order valence-electron chi connectivity index (χ0n) is 6.64. The summed E-state index contributed by atoms with van der Waals surface area (Å²) in [7, 11) is -3.32. The van der Waals surface area contributed by atoms with Crippen molar-refractivity contribution in [1.29, 1.82) is 0 Å². The van der Waals surface area contributed by atoms with Gasteiger partial charge in [0, 0.05) is 6.07 Å². The molecule has 0 saturated carbocycles. The van der Waals surface area contributed by atoms with Crippen molar-refractivity contribution < 1.29 is 8.42 Å². The molecule has 3 nitrogen and oxygen atoms in total. The van der Waals surface area contributed by atoms with Crippen molar-refractivity contribution in [3.63, 3.8) is 0 Å². The number of anilines is 1. The molecule has 0 fully saturated rings. The average Bonchev–Trinajstić information content (AvgIpc) is 1.94. The Morgan fingerprint density at radius 3 is 2.62 bits per heavy atom. The van der Waals surface area contributed by atoms with Gasteiger partial charge in [-0.05, 0) is 12.1 Å². The normalized spacial score (nSPS) is 11.3. The van der Waals surface area contributed by atoms with Crippen LogP contribution in [0.1, 0.15) is 0 Å². The minimum Gasteiger partial charge on any atom is -0.282 e. The van der Waals surface area contributed by atoms with Crippen molar-refractivity contribution in [2.24, 2.45) is 0 Å². The minimum atomic E-state index is -3.32. The van der Waals surface area contributed by atoms with E-state index in [0.29, 0.717) is 5.02 Å². The van der Waals surface area contributed by atoms with E-state index in [1.165, 1.54) is 12.1 Å². The molecule has 1 radical (unpaired) electrons. The third kappa shape index (κ3) is 3.42. The maximum atomic E-state index is 10.8. The number of rotatable bonds is 2. The zero-order valence-corrected chi connectivity index (χ0v) is 8.96. The summed E-state index contributed by atoms with van der Waals surface area (Å²) in [5.74, 6) is 0. The van der Waals surface area contributed by atoms with Gasteiger partial charge in [0.25, 0.3) is 0 Å². The fraction of sp³-hybridized carbons (Fsp3) is 0.143. The number of benzene rings is 1. The van der Waals surface area contributed by atoms with Crippen LogP contribution in [0, 0.1) is 6.07 Å². The number of nitrogens with one attached hydrogen (secondary N) is 1. The highest BCUT2D eigenvalue weighted by atomic mass is 35.5. The van der Waals surface area contributed by atoms with E-state index in [0.717, 1.165) is 6.26 Å². The Kier molecular flexibility index (Phi) is 3.05. The molecule has 1 rings (SSSR count). The summed E-state index contributed by atoms with van der Waals surface area (Å²) in [5, 5.41) is 0.561. The first-order chi connectivity index (χ1) is 5.88. The lowest BCUT2D eigenvalue weighted by atomic mass is 10.3. The Morgan fingerprint density at radius 1 is 1.46 bits per heavy atom. The van der Waals surface area contributed by atoms with Gasteiger partial charge in [-0.15, -0.1) is 0 Å². The van der Waals surface area contributed by atoms with Crippen molar-refractivity contribution in [3.05, 3.63) is 28.2 Å². The molecule has 6 heteroatoms. The second-order valence-corrected chi connectivity index (χ2v) is 4.98. The summed E-state index contributed by atoms with van der Waals surface area (Å²) in [6.45, 7) is 0. The van der Waals surface area contributed by atoms with Crippen molar-refractivity contribution in [2.45, 2.75) is 0 Å². The smallest absolute Gasteiger partial charge is 0.229 e. The standard InChI is InChI=1S/C7H6Cl2NO2S/c1-13(11,12)10-7-4-5(8)2-3-6(7)9/h3-4,10H,1H3. The Bertz CT molecular complexity index is 417. The van der Waals surface area contributed by atoms with Crippen LogP contribution in [0.2, 0.25) is 10.0 Å². The van der Waals surface area contributed by atoms with E-state index in [9.17, 15) is 8.42 Å². The molecule has 0 bridgehead atoms. The van der Waals surface area contributed by atoms with Crippen molar-refractivity contribution in [3.8, 4) is 0 Å². The van der Waals surface area contributed by atoms with Crippen LogP contribution in [-0.4, -0.2) is 14.7 Å². The van der Waals surface area contributed by atoms with Gasteiger partial charge in [-0.2, -0.15) is 0 Å². The maximum Gasteiger partial charge on any atom is 0.229 e. The molecular weight excluding hydrogens is 233 g/mol. The molecule has 0 aromatic heterocycles. The largest absolute Gasteiger partial charge is 0.282 e. The van der Waals surface area contributed by atoms with Crippen LogP contribution < -0.4 is 4.72 Å². The summed E-state index contributed by atoms with van der Waals surface area (Å²) >= 11 is 11.3. The summed E-state index contributed by atoms with van der Waals surface area (Å²) in [5.41, 5.74) is 0.257. The van der Waals surface area contributed by atoms with Gasteiger partial charge in [0.05, 0.1) is 22.0 Å². The average molecular weight is 239 g/mol. The molecular formula is C7H6Cl2NO2S. The van der Waals surface area contributed by atoms with Crippen LogP contribution >= 0.6 is 23.2 Å². The quantitative estimate of drug-likeness (QED) is 0.859. The first-order valence-corrected chi connectivity index (χ1v) is 5.88. The summed E-state index contributed by atoms with van der Waals surface area (Å²) < 4.78 is 23.9. The van der Waals surface area contributed by atoms with Gasteiger partial charge >= 0.3 is 0 Å². The van der Waals surface area contributed by atoms with Crippen molar-refractivity contribution >= 4 is 38.9 Å². The van der Waals surface area contributed by atoms with Gasteiger partial charge in [-0.3, -0.25) is 4.72 Å². The molecule has 1 N–H and O–H groups in total. The van der Waals surface area contributed by atoms with Crippen LogP contribution in [-0.2, 0) is 10.0 Å². The third-order valence-corrected chi connectivity index (χ3v) is 2.28. The van der Waals surface area contributed by atoms with Crippen LogP contribution in [0.3, 0.4) is 0 Å². The number of sulfonamides is 1. The van der Waals surface area contributed by atoms with Gasteiger partial charge in [-0.1, -0.05) is 23.2 Å². The first-order valence-electron chi connectivity index (χ1n) is 3.23. The predicted molar refractivity (Wildman–Crippen MR) is 53.8 cm³/mol. The molecule has 0 aliphatic heterocycles. The Balaban J connectivity index is 3.08. The molecule has 0 aliphatic rings. The lowest BCUT2D eigenvalue weighted by molar-refractivity contribution is 0.607. The van der Waals surface area contributed by atoms with Crippen LogP contribution in [0.4, 0.5) is 5.69 Å². The second kappa shape index (κ2) is 3.74. The van der Waals surface area contributed by atoms with Crippen LogP contribution in [0.25, 0.3) is 0 Å². The van der Waals surface area contributed by atoms with Gasteiger partial charge in [0.2, 0.25) is 10.0 Å². The first kappa shape index (κ1) is 10.6. The number of hydrogen-bond acceptors (Lipinski definition) is 2. The van der Waals surface area contributed by atoms with E-state index in [2.05, 4.69) is 10.8 Å². The molecule has 0 heterocycles. The predicted octanol–water partition coefficient (Wildman–Crippen LogP) is 2.17. The Hall–Kier alpha value is -0.450. The van der Waals surface area contributed by atoms with E-state index in [4.69, 9.17) is 23.2 Å². The number of halogens is 2. The SMILES string of the molecule is CS(=O)(=O)Nc1cc(Cl)[c]cc1Cl. The van der Waals surface area contributed by atoms with E-state index in [-0.39, 0.29) is 10.7 Å². The van der Waals surface area contributed by atoms with Gasteiger partial charge < -0.3 is 0 Å². The third-order valence-electron chi connectivity index (χ3n) is 1.16. The van der Waals surface area contributed by atoms with Crippen molar-refractivity contribution in [1.82, 2.24) is 0 Å². The lowest BCUT2D eigenvalue weighted by Gasteiger charge is -2.05. The number of hydrogen-bond donors (Lipinski definition) is 1. The topological polar surface area (TPSA) is 46.2 Å². The van der Waals surface area contributed by atoms with Gasteiger partial charge in [0.1, 0.15) is 0 Å². The molecule has 0 atom stereocenters. The lowest BCUT2D eigenvalue weighted by Crippen LogP contribution is -2.09. The zero-order chi connectivity index (χ0) is 10.1. The molecule has 0 amide bonds. The summed E-state index contributed by atoms with van der Waals surface area (Å²) in [6.07, 6.45) is 1.04. The fourth-order valence-electron chi connectivity index (χ4n) is 0.725. The van der Waals surface area contributed by atoms with E-state index < -0.39 is 10.0 Å². The highest BCUT2D eigenvalue weighted by Crippen LogP contribution is 2.25. The molecule has 0 spiro atoms. The molecule has 71 valence electrons. The molecule has 0 saturated heterocycles. The Labute approximate surface area is 86.7 Å². The molecule has 0 aliphatic carbocycles. The summed E-state index contributed by atoms with van der Waals surface area (Å²) in [4.78, 5) is 0.